The molecule has 134 valence electrons. The molecule has 6 heteroatoms. The van der Waals surface area contributed by atoms with Crippen molar-refractivity contribution in [3.05, 3.63) is 105 Å². The fourth-order valence-electron chi connectivity index (χ4n) is 3.20. The highest BCUT2D eigenvalue weighted by atomic mass is 16.2. The number of fused-ring (bicyclic) bond motifs is 1. The van der Waals surface area contributed by atoms with Crippen LogP contribution >= 0.6 is 0 Å². The summed E-state index contributed by atoms with van der Waals surface area (Å²) < 4.78 is 2.83. The summed E-state index contributed by atoms with van der Waals surface area (Å²) in [6.07, 6.45) is 4.88. The van der Waals surface area contributed by atoms with Crippen molar-refractivity contribution in [2.75, 3.05) is 0 Å². The molecular weight excluding hydrogens is 340 g/mol. The average molecular weight is 358 g/mol. The highest BCUT2D eigenvalue weighted by Gasteiger charge is 2.14. The lowest BCUT2D eigenvalue weighted by Crippen LogP contribution is -2.40. The Bertz CT molecular complexity index is 1230. The zero-order valence-corrected chi connectivity index (χ0v) is 14.9. The highest BCUT2D eigenvalue weighted by Crippen LogP contribution is 2.10. The van der Waals surface area contributed by atoms with Crippen molar-refractivity contribution in [2.45, 2.75) is 20.0 Å². The molecule has 0 fully saturated rings. The number of benzene rings is 1. The smallest absolute Gasteiger partial charge is 0.287 e. The fourth-order valence-corrected chi connectivity index (χ4v) is 3.20. The first kappa shape index (κ1) is 16.9. The van der Waals surface area contributed by atoms with Crippen LogP contribution in [0.15, 0.2) is 76.7 Å². The molecule has 0 amide bonds. The van der Waals surface area contributed by atoms with Crippen molar-refractivity contribution in [3.8, 4) is 0 Å². The second-order valence-electron chi connectivity index (χ2n) is 6.48. The van der Waals surface area contributed by atoms with Crippen molar-refractivity contribution in [3.63, 3.8) is 0 Å². The second-order valence-corrected chi connectivity index (χ2v) is 6.48. The zero-order valence-electron chi connectivity index (χ0n) is 14.9. The minimum absolute atomic E-state index is 0.159. The number of nitrogens with zero attached hydrogens (tertiary/aromatic N) is 4. The number of hydrogen-bond donors (Lipinski definition) is 0. The minimum atomic E-state index is -0.389. The van der Waals surface area contributed by atoms with E-state index < -0.39 is 0 Å². The first-order valence-electron chi connectivity index (χ1n) is 8.66. The molecule has 1 aromatic carbocycles. The van der Waals surface area contributed by atoms with Gasteiger partial charge in [0, 0.05) is 18.6 Å². The van der Waals surface area contributed by atoms with E-state index in [9.17, 15) is 9.59 Å². The number of aromatic nitrogens is 4. The van der Waals surface area contributed by atoms with Crippen LogP contribution in [0, 0.1) is 6.92 Å². The van der Waals surface area contributed by atoms with Gasteiger partial charge < -0.3 is 0 Å². The molecule has 0 N–H and O–H groups in total. The lowest BCUT2D eigenvalue weighted by atomic mass is 10.1. The molecule has 0 bridgehead atoms. The molecule has 4 aromatic rings. The third-order valence-corrected chi connectivity index (χ3v) is 4.47. The first-order valence-corrected chi connectivity index (χ1v) is 8.66. The van der Waals surface area contributed by atoms with E-state index >= 15 is 0 Å². The van der Waals surface area contributed by atoms with Crippen molar-refractivity contribution in [1.29, 1.82) is 0 Å². The van der Waals surface area contributed by atoms with Crippen LogP contribution in [0.4, 0.5) is 0 Å². The van der Waals surface area contributed by atoms with Gasteiger partial charge in [-0.3, -0.25) is 18.9 Å². The molecule has 0 saturated carbocycles. The van der Waals surface area contributed by atoms with Gasteiger partial charge in [-0.1, -0.05) is 35.9 Å². The molecule has 0 aliphatic carbocycles. The Morgan fingerprint density at radius 1 is 0.889 bits per heavy atom. The van der Waals surface area contributed by atoms with Crippen LogP contribution in [0.3, 0.4) is 0 Å². The van der Waals surface area contributed by atoms with E-state index in [0.717, 1.165) is 16.7 Å². The van der Waals surface area contributed by atoms with Gasteiger partial charge in [-0.15, -0.1) is 0 Å². The maximum atomic E-state index is 13.2. The first-order chi connectivity index (χ1) is 13.1. The SMILES string of the molecule is Cc1cccc(Cn2c(=O)n(Cc3cccnc3)c(=O)c3ncccc32)c1. The second kappa shape index (κ2) is 6.99. The van der Waals surface area contributed by atoms with Crippen LogP contribution < -0.4 is 11.2 Å². The summed E-state index contributed by atoms with van der Waals surface area (Å²) in [6.45, 7) is 2.54. The standard InChI is InChI=1S/C21H18N4O2/c1-15-5-2-6-16(11-15)13-24-18-8-4-10-23-19(18)20(26)25(21(24)27)14-17-7-3-9-22-12-17/h2-12H,13-14H2,1H3. The highest BCUT2D eigenvalue weighted by molar-refractivity contribution is 5.73. The zero-order chi connectivity index (χ0) is 18.8. The summed E-state index contributed by atoms with van der Waals surface area (Å²) in [6, 6.07) is 15.1. The van der Waals surface area contributed by atoms with Gasteiger partial charge in [0.1, 0.15) is 0 Å². The summed E-state index contributed by atoms with van der Waals surface area (Å²) in [5.74, 6) is 0. The predicted molar refractivity (Wildman–Crippen MR) is 104 cm³/mol. The third-order valence-electron chi connectivity index (χ3n) is 4.47. The van der Waals surface area contributed by atoms with Gasteiger partial charge in [-0.25, -0.2) is 9.78 Å². The Kier molecular flexibility index (Phi) is 4.38. The van der Waals surface area contributed by atoms with E-state index in [-0.39, 0.29) is 23.3 Å². The average Bonchev–Trinajstić information content (AvgIpc) is 2.69. The summed E-state index contributed by atoms with van der Waals surface area (Å²) in [7, 11) is 0. The van der Waals surface area contributed by atoms with Crippen molar-refractivity contribution in [2.24, 2.45) is 0 Å². The molecule has 4 rings (SSSR count). The molecule has 27 heavy (non-hydrogen) atoms. The minimum Gasteiger partial charge on any atom is -0.287 e. The number of hydrogen-bond acceptors (Lipinski definition) is 4. The molecule has 0 atom stereocenters. The topological polar surface area (TPSA) is 69.8 Å². The lowest BCUT2D eigenvalue weighted by Gasteiger charge is -2.14. The van der Waals surface area contributed by atoms with Crippen molar-refractivity contribution < 1.29 is 0 Å². The summed E-state index contributed by atoms with van der Waals surface area (Å²) >= 11 is 0. The number of aryl methyl sites for hydroxylation is 1. The summed E-state index contributed by atoms with van der Waals surface area (Å²) in [5, 5.41) is 0. The van der Waals surface area contributed by atoms with Crippen LogP contribution in [0.5, 0.6) is 0 Å². The van der Waals surface area contributed by atoms with Gasteiger partial charge in [-0.2, -0.15) is 0 Å². The summed E-state index contributed by atoms with van der Waals surface area (Å²) in [5.41, 5.74) is 2.98. The quantitative estimate of drug-likeness (QED) is 0.562. The van der Waals surface area contributed by atoms with Gasteiger partial charge in [0.2, 0.25) is 0 Å². The van der Waals surface area contributed by atoms with E-state index in [1.165, 1.54) is 4.57 Å². The largest absolute Gasteiger partial charge is 0.332 e. The molecular formula is C21H18N4O2. The maximum Gasteiger partial charge on any atom is 0.332 e. The summed E-state index contributed by atoms with van der Waals surface area (Å²) in [4.78, 5) is 34.4. The Balaban J connectivity index is 1.92. The number of pyridine rings is 2. The van der Waals surface area contributed by atoms with Gasteiger partial charge in [0.25, 0.3) is 5.56 Å². The van der Waals surface area contributed by atoms with E-state index in [1.807, 2.05) is 37.3 Å². The van der Waals surface area contributed by atoms with Crippen molar-refractivity contribution in [1.82, 2.24) is 19.1 Å². The molecule has 3 aromatic heterocycles. The van der Waals surface area contributed by atoms with E-state index in [4.69, 9.17) is 0 Å². The molecule has 0 saturated heterocycles. The van der Waals surface area contributed by atoms with Crippen LogP contribution in [0.25, 0.3) is 11.0 Å². The van der Waals surface area contributed by atoms with Crippen LogP contribution in [0.2, 0.25) is 0 Å². The maximum absolute atomic E-state index is 13.2. The normalized spacial score (nSPS) is 11.0. The molecule has 0 radical (unpaired) electrons. The Labute approximate surface area is 155 Å². The van der Waals surface area contributed by atoms with Crippen LogP contribution in [-0.4, -0.2) is 19.1 Å². The third kappa shape index (κ3) is 3.29. The van der Waals surface area contributed by atoms with Gasteiger partial charge in [0.15, 0.2) is 5.52 Å². The van der Waals surface area contributed by atoms with E-state index in [0.29, 0.717) is 12.1 Å². The molecule has 0 spiro atoms. The molecule has 0 unspecified atom stereocenters. The van der Waals surface area contributed by atoms with E-state index in [2.05, 4.69) is 9.97 Å². The molecule has 0 aliphatic heterocycles. The van der Waals surface area contributed by atoms with Gasteiger partial charge in [-0.05, 0) is 36.2 Å². The van der Waals surface area contributed by atoms with E-state index in [1.54, 1.807) is 41.4 Å². The Morgan fingerprint density at radius 2 is 1.67 bits per heavy atom. The Morgan fingerprint density at radius 3 is 2.44 bits per heavy atom. The molecule has 0 aliphatic rings. The van der Waals surface area contributed by atoms with Crippen LogP contribution in [-0.2, 0) is 13.1 Å². The Hall–Kier alpha value is -3.54. The van der Waals surface area contributed by atoms with Crippen molar-refractivity contribution >= 4 is 11.0 Å². The molecule has 3 heterocycles. The fraction of sp³-hybridized carbons (Fsp3) is 0.143. The van der Waals surface area contributed by atoms with Crippen LogP contribution in [0.1, 0.15) is 16.7 Å². The predicted octanol–water partition coefficient (Wildman–Crippen LogP) is 2.36. The lowest BCUT2D eigenvalue weighted by molar-refractivity contribution is 0.632. The molecule has 6 nitrogen and oxygen atoms in total. The monoisotopic (exact) mass is 358 g/mol. The van der Waals surface area contributed by atoms with Gasteiger partial charge in [0.05, 0.1) is 18.6 Å². The number of rotatable bonds is 4. The van der Waals surface area contributed by atoms with Gasteiger partial charge >= 0.3 is 5.69 Å².